The fourth-order valence-corrected chi connectivity index (χ4v) is 5.99. The van der Waals surface area contributed by atoms with Crippen LogP contribution in [0.25, 0.3) is 55.2 Å². The molecule has 0 saturated carbocycles. The summed E-state index contributed by atoms with van der Waals surface area (Å²) in [5, 5.41) is 9.20. The Hall–Kier alpha value is -4.39. The fourth-order valence-electron chi connectivity index (χ4n) is 4.95. The van der Waals surface area contributed by atoms with Gasteiger partial charge in [-0.15, -0.1) is 0 Å². The van der Waals surface area contributed by atoms with E-state index in [1.807, 2.05) is 103 Å². The van der Waals surface area contributed by atoms with Gasteiger partial charge in [-0.3, -0.25) is 4.79 Å². The standard InChI is InChI=1S/C32H21ClN4OS/c33-22-15-16-26-25(17-22)31-30(34-26)23-13-7-8-14-24(23)32(35-31)39-19-29(38)37-28(21-11-5-2-6-12-21)18-27(36-37)20-9-3-1-4-10-20/h1-18,34H,19H2. The van der Waals surface area contributed by atoms with E-state index in [4.69, 9.17) is 21.7 Å². The van der Waals surface area contributed by atoms with Crippen molar-refractivity contribution in [3.8, 4) is 22.5 Å². The summed E-state index contributed by atoms with van der Waals surface area (Å²) in [6, 6.07) is 35.7. The van der Waals surface area contributed by atoms with E-state index in [-0.39, 0.29) is 11.7 Å². The molecule has 1 N–H and O–H groups in total. The first-order valence-corrected chi connectivity index (χ1v) is 13.9. The predicted molar refractivity (Wildman–Crippen MR) is 161 cm³/mol. The first-order chi connectivity index (χ1) is 19.2. The lowest BCUT2D eigenvalue weighted by molar-refractivity contribution is 0.0929. The van der Waals surface area contributed by atoms with Gasteiger partial charge in [-0.1, -0.05) is 108 Å². The highest BCUT2D eigenvalue weighted by atomic mass is 35.5. The third kappa shape index (κ3) is 4.28. The van der Waals surface area contributed by atoms with Crippen LogP contribution in [0.15, 0.2) is 114 Å². The quantitative estimate of drug-likeness (QED) is 0.221. The molecular formula is C32H21ClN4OS. The normalized spacial score (nSPS) is 11.5. The molecule has 0 amide bonds. The van der Waals surface area contributed by atoms with Gasteiger partial charge in [0.25, 0.3) is 5.91 Å². The third-order valence-corrected chi connectivity index (χ3v) is 8.00. The van der Waals surface area contributed by atoms with E-state index in [1.54, 1.807) is 0 Å². The molecule has 0 aliphatic carbocycles. The molecule has 0 spiro atoms. The van der Waals surface area contributed by atoms with Crippen molar-refractivity contribution in [2.24, 2.45) is 0 Å². The number of hydrogen-bond donors (Lipinski definition) is 1. The minimum absolute atomic E-state index is 0.117. The molecule has 7 aromatic rings. The Labute approximate surface area is 233 Å². The molecular weight excluding hydrogens is 524 g/mol. The van der Waals surface area contributed by atoms with Gasteiger partial charge in [-0.2, -0.15) is 9.78 Å². The lowest BCUT2D eigenvalue weighted by atomic mass is 10.1. The van der Waals surface area contributed by atoms with E-state index in [1.165, 1.54) is 16.4 Å². The number of halogens is 1. The van der Waals surface area contributed by atoms with Crippen molar-refractivity contribution in [3.63, 3.8) is 0 Å². The second-order valence-electron chi connectivity index (χ2n) is 9.24. The molecule has 39 heavy (non-hydrogen) atoms. The monoisotopic (exact) mass is 544 g/mol. The Morgan fingerprint density at radius 1 is 0.795 bits per heavy atom. The van der Waals surface area contributed by atoms with Gasteiger partial charge < -0.3 is 4.98 Å². The first-order valence-electron chi connectivity index (χ1n) is 12.5. The molecule has 0 bridgehead atoms. The zero-order valence-corrected chi connectivity index (χ0v) is 22.2. The van der Waals surface area contributed by atoms with Crippen LogP contribution in [0.5, 0.6) is 0 Å². The molecule has 0 atom stereocenters. The Morgan fingerprint density at radius 3 is 2.26 bits per heavy atom. The lowest BCUT2D eigenvalue weighted by Crippen LogP contribution is -2.16. The summed E-state index contributed by atoms with van der Waals surface area (Å²) in [6.45, 7) is 0. The topological polar surface area (TPSA) is 63.6 Å². The SMILES string of the molecule is O=C(CSc1nc2c3cc(Cl)ccc3[nH]c2c2ccccc12)n1nc(-c2ccccc2)cc1-c1ccccc1. The van der Waals surface area contributed by atoms with E-state index in [2.05, 4.69) is 11.1 Å². The third-order valence-electron chi connectivity index (χ3n) is 6.79. The van der Waals surface area contributed by atoms with Crippen molar-refractivity contribution >= 4 is 62.0 Å². The predicted octanol–water partition coefficient (Wildman–Crippen LogP) is 8.49. The first kappa shape index (κ1) is 23.7. The minimum atomic E-state index is -0.117. The van der Waals surface area contributed by atoms with Crippen molar-refractivity contribution in [2.45, 2.75) is 5.03 Å². The highest BCUT2D eigenvalue weighted by Gasteiger charge is 2.19. The lowest BCUT2D eigenvalue weighted by Gasteiger charge is -2.09. The van der Waals surface area contributed by atoms with Crippen molar-refractivity contribution in [3.05, 3.63) is 114 Å². The average molecular weight is 545 g/mol. The smallest absolute Gasteiger partial charge is 0.257 e. The van der Waals surface area contributed by atoms with Gasteiger partial charge >= 0.3 is 0 Å². The summed E-state index contributed by atoms with van der Waals surface area (Å²) in [7, 11) is 0. The largest absolute Gasteiger partial charge is 0.353 e. The minimum Gasteiger partial charge on any atom is -0.353 e. The van der Waals surface area contributed by atoms with Crippen molar-refractivity contribution in [1.82, 2.24) is 19.7 Å². The van der Waals surface area contributed by atoms with Gasteiger partial charge in [0, 0.05) is 37.8 Å². The maximum Gasteiger partial charge on any atom is 0.257 e. The fraction of sp³-hybridized carbons (Fsp3) is 0.0312. The van der Waals surface area contributed by atoms with E-state index in [0.29, 0.717) is 5.02 Å². The second-order valence-corrected chi connectivity index (χ2v) is 10.6. The highest BCUT2D eigenvalue weighted by molar-refractivity contribution is 8.00. The van der Waals surface area contributed by atoms with Gasteiger partial charge in [0.2, 0.25) is 0 Å². The maximum absolute atomic E-state index is 13.7. The summed E-state index contributed by atoms with van der Waals surface area (Å²) in [6.07, 6.45) is 0. The molecule has 0 aliphatic heterocycles. The molecule has 4 aromatic carbocycles. The number of nitrogens with one attached hydrogen (secondary N) is 1. The molecule has 0 radical (unpaired) electrons. The van der Waals surface area contributed by atoms with Crippen LogP contribution in [0.3, 0.4) is 0 Å². The van der Waals surface area contributed by atoms with Crippen LogP contribution in [-0.2, 0) is 0 Å². The van der Waals surface area contributed by atoms with Gasteiger partial charge in [0.1, 0.15) is 5.03 Å². The Kier molecular flexibility index (Phi) is 5.91. The summed E-state index contributed by atoms with van der Waals surface area (Å²) in [5.74, 6) is 0.0652. The maximum atomic E-state index is 13.7. The molecule has 0 unspecified atom stereocenters. The Balaban J connectivity index is 1.29. The number of carbonyl (C=O) groups excluding carboxylic acids is 1. The van der Waals surface area contributed by atoms with Crippen molar-refractivity contribution < 1.29 is 4.79 Å². The number of pyridine rings is 1. The molecule has 0 aliphatic rings. The molecule has 7 rings (SSSR count). The summed E-state index contributed by atoms with van der Waals surface area (Å²) >= 11 is 7.74. The number of carbonyl (C=O) groups is 1. The number of aromatic amines is 1. The number of thioether (sulfide) groups is 1. The zero-order valence-electron chi connectivity index (χ0n) is 20.6. The van der Waals surface area contributed by atoms with E-state index < -0.39 is 0 Å². The van der Waals surface area contributed by atoms with E-state index >= 15 is 0 Å². The molecule has 188 valence electrons. The Morgan fingerprint density at radius 2 is 1.49 bits per heavy atom. The van der Waals surface area contributed by atoms with Gasteiger partial charge in [0.15, 0.2) is 0 Å². The number of rotatable bonds is 5. The molecule has 3 heterocycles. The second kappa shape index (κ2) is 9.73. The van der Waals surface area contributed by atoms with Crippen LogP contribution < -0.4 is 0 Å². The molecule has 7 heteroatoms. The zero-order chi connectivity index (χ0) is 26.3. The molecule has 0 saturated heterocycles. The molecule has 3 aromatic heterocycles. The molecule has 5 nitrogen and oxygen atoms in total. The van der Waals surface area contributed by atoms with Crippen LogP contribution in [-0.4, -0.2) is 31.4 Å². The van der Waals surface area contributed by atoms with Gasteiger partial charge in [-0.25, -0.2) is 4.98 Å². The summed E-state index contributed by atoms with van der Waals surface area (Å²) in [5.41, 5.74) is 6.20. The van der Waals surface area contributed by atoms with Crippen molar-refractivity contribution in [1.29, 1.82) is 0 Å². The summed E-state index contributed by atoms with van der Waals surface area (Å²) in [4.78, 5) is 22.2. The van der Waals surface area contributed by atoms with E-state index in [0.717, 1.165) is 60.2 Å². The highest BCUT2D eigenvalue weighted by Crippen LogP contribution is 2.36. The van der Waals surface area contributed by atoms with E-state index in [9.17, 15) is 4.79 Å². The van der Waals surface area contributed by atoms with Crippen LogP contribution in [0, 0.1) is 0 Å². The van der Waals surface area contributed by atoms with Gasteiger partial charge in [-0.05, 0) is 24.3 Å². The van der Waals surface area contributed by atoms with Crippen molar-refractivity contribution in [2.75, 3.05) is 5.75 Å². The summed E-state index contributed by atoms with van der Waals surface area (Å²) < 4.78 is 1.52. The van der Waals surface area contributed by atoms with Crippen LogP contribution >= 0.6 is 23.4 Å². The van der Waals surface area contributed by atoms with Crippen LogP contribution in [0.4, 0.5) is 0 Å². The number of benzene rings is 4. The number of aromatic nitrogens is 4. The average Bonchev–Trinajstić information content (AvgIpc) is 3.59. The number of H-pyrrole nitrogens is 1. The number of fused-ring (bicyclic) bond motifs is 5. The Bertz CT molecular complexity index is 2000. The van der Waals surface area contributed by atoms with Gasteiger partial charge in [0.05, 0.1) is 28.2 Å². The number of nitrogens with zero attached hydrogens (tertiary/aromatic N) is 3. The molecule has 0 fully saturated rings. The van der Waals surface area contributed by atoms with Crippen LogP contribution in [0.1, 0.15) is 4.79 Å². The number of hydrogen-bond acceptors (Lipinski definition) is 4. The van der Waals surface area contributed by atoms with Crippen LogP contribution in [0.2, 0.25) is 5.02 Å².